The number of carbonyl (C=O) groups excluding carboxylic acids is 1. The highest BCUT2D eigenvalue weighted by Gasteiger charge is 2.18. The smallest absolute Gasteiger partial charge is 0.270 e. The molecule has 98 valence electrons. The molecule has 0 bridgehead atoms. The topological polar surface area (TPSA) is 75.5 Å². The molecule has 0 heterocycles. The summed E-state index contributed by atoms with van der Waals surface area (Å²) in [5.74, 6) is -0.334. The molecule has 0 saturated heterocycles. The third kappa shape index (κ3) is 3.41. The standard InChI is InChI=1S/C11H14ClN3O3/c1-13-5-6-14(2)11(16)9-7-8(15(17)18)3-4-10(9)12/h3-4,7,13H,5-6H2,1-2H3. The maximum absolute atomic E-state index is 12.0. The molecule has 0 spiro atoms. The summed E-state index contributed by atoms with van der Waals surface area (Å²) in [4.78, 5) is 23.6. The molecule has 1 N–H and O–H groups in total. The van der Waals surface area contributed by atoms with Gasteiger partial charge in [-0.15, -0.1) is 0 Å². The van der Waals surface area contributed by atoms with E-state index in [2.05, 4.69) is 5.32 Å². The van der Waals surface area contributed by atoms with E-state index in [1.165, 1.54) is 23.1 Å². The van der Waals surface area contributed by atoms with Crippen LogP contribution in [-0.2, 0) is 0 Å². The van der Waals surface area contributed by atoms with Gasteiger partial charge in [-0.1, -0.05) is 11.6 Å². The van der Waals surface area contributed by atoms with Crippen LogP contribution in [0.5, 0.6) is 0 Å². The highest BCUT2D eigenvalue weighted by molar-refractivity contribution is 6.33. The van der Waals surface area contributed by atoms with Gasteiger partial charge < -0.3 is 10.2 Å². The van der Waals surface area contributed by atoms with Crippen LogP contribution in [0, 0.1) is 10.1 Å². The maximum Gasteiger partial charge on any atom is 0.270 e. The number of likely N-dealkylation sites (N-methyl/N-ethyl adjacent to an activating group) is 2. The predicted octanol–water partition coefficient (Wildman–Crippen LogP) is 1.54. The van der Waals surface area contributed by atoms with Crippen LogP contribution in [0.25, 0.3) is 0 Å². The number of hydrogen-bond donors (Lipinski definition) is 1. The zero-order valence-electron chi connectivity index (χ0n) is 10.1. The van der Waals surface area contributed by atoms with Gasteiger partial charge in [0.1, 0.15) is 0 Å². The second kappa shape index (κ2) is 6.32. The minimum absolute atomic E-state index is 0.143. The van der Waals surface area contributed by atoms with Crippen molar-refractivity contribution in [3.63, 3.8) is 0 Å². The van der Waals surface area contributed by atoms with Crippen LogP contribution >= 0.6 is 11.6 Å². The molecule has 0 atom stereocenters. The Hall–Kier alpha value is -1.66. The minimum atomic E-state index is -0.555. The average molecular weight is 272 g/mol. The van der Waals surface area contributed by atoms with Crippen LogP contribution in [0.1, 0.15) is 10.4 Å². The number of hydrogen-bond acceptors (Lipinski definition) is 4. The quantitative estimate of drug-likeness (QED) is 0.651. The lowest BCUT2D eigenvalue weighted by atomic mass is 10.1. The second-order valence-corrected chi connectivity index (χ2v) is 4.16. The van der Waals surface area contributed by atoms with Crippen LogP contribution < -0.4 is 5.32 Å². The van der Waals surface area contributed by atoms with Crippen LogP contribution in [-0.4, -0.2) is 42.9 Å². The van der Waals surface area contributed by atoms with E-state index >= 15 is 0 Å². The lowest BCUT2D eigenvalue weighted by molar-refractivity contribution is -0.384. The van der Waals surface area contributed by atoms with E-state index in [0.717, 1.165) is 0 Å². The SMILES string of the molecule is CNCCN(C)C(=O)c1cc([N+](=O)[O-])ccc1Cl. The lowest BCUT2D eigenvalue weighted by Gasteiger charge is -2.17. The number of nitrogens with one attached hydrogen (secondary N) is 1. The maximum atomic E-state index is 12.0. The van der Waals surface area contributed by atoms with Gasteiger partial charge in [-0.05, 0) is 13.1 Å². The number of nitro benzene ring substituents is 1. The van der Waals surface area contributed by atoms with Crippen LogP contribution in [0.3, 0.4) is 0 Å². The Balaban J connectivity index is 2.97. The summed E-state index contributed by atoms with van der Waals surface area (Å²) in [6.45, 7) is 1.13. The van der Waals surface area contributed by atoms with Crippen molar-refractivity contribution in [2.45, 2.75) is 0 Å². The first-order valence-corrected chi connectivity index (χ1v) is 5.69. The van der Waals surface area contributed by atoms with Crippen molar-refractivity contribution in [1.82, 2.24) is 10.2 Å². The molecule has 7 heteroatoms. The molecule has 1 rings (SSSR count). The summed E-state index contributed by atoms with van der Waals surface area (Å²) in [6.07, 6.45) is 0. The number of nitrogens with zero attached hydrogens (tertiary/aromatic N) is 2. The fourth-order valence-electron chi connectivity index (χ4n) is 1.38. The van der Waals surface area contributed by atoms with Crippen LogP contribution in [0.4, 0.5) is 5.69 Å². The molecular weight excluding hydrogens is 258 g/mol. The van der Waals surface area contributed by atoms with E-state index in [1.54, 1.807) is 14.1 Å². The fourth-order valence-corrected chi connectivity index (χ4v) is 1.58. The van der Waals surface area contributed by atoms with E-state index in [-0.39, 0.29) is 22.2 Å². The normalized spacial score (nSPS) is 10.2. The van der Waals surface area contributed by atoms with Gasteiger partial charge in [-0.3, -0.25) is 14.9 Å². The third-order valence-electron chi connectivity index (χ3n) is 2.44. The van der Waals surface area contributed by atoms with Gasteiger partial charge in [0.05, 0.1) is 15.5 Å². The van der Waals surface area contributed by atoms with Crippen molar-refractivity contribution in [3.8, 4) is 0 Å². The van der Waals surface area contributed by atoms with Gasteiger partial charge >= 0.3 is 0 Å². The summed E-state index contributed by atoms with van der Waals surface area (Å²) in [6, 6.07) is 3.83. The van der Waals surface area contributed by atoms with Gasteiger partial charge in [0, 0.05) is 32.3 Å². The van der Waals surface area contributed by atoms with E-state index < -0.39 is 4.92 Å². The van der Waals surface area contributed by atoms with E-state index in [0.29, 0.717) is 13.1 Å². The lowest BCUT2D eigenvalue weighted by Crippen LogP contribution is -2.32. The number of nitro groups is 1. The Morgan fingerprint density at radius 3 is 2.78 bits per heavy atom. The molecule has 18 heavy (non-hydrogen) atoms. The summed E-state index contributed by atoms with van der Waals surface area (Å²) in [7, 11) is 3.40. The first kappa shape index (κ1) is 14.4. The molecule has 1 aromatic carbocycles. The van der Waals surface area contributed by atoms with E-state index in [4.69, 9.17) is 11.6 Å². The minimum Gasteiger partial charge on any atom is -0.340 e. The first-order chi connectivity index (χ1) is 8.47. The number of rotatable bonds is 5. The van der Waals surface area contributed by atoms with E-state index in [1.807, 2.05) is 0 Å². The van der Waals surface area contributed by atoms with Crippen molar-refractivity contribution in [2.24, 2.45) is 0 Å². The monoisotopic (exact) mass is 271 g/mol. The summed E-state index contributed by atoms with van der Waals surface area (Å²) >= 11 is 5.89. The van der Waals surface area contributed by atoms with Gasteiger partial charge in [-0.2, -0.15) is 0 Å². The highest BCUT2D eigenvalue weighted by Crippen LogP contribution is 2.23. The van der Waals surface area contributed by atoms with Crippen LogP contribution in [0.15, 0.2) is 18.2 Å². The third-order valence-corrected chi connectivity index (χ3v) is 2.76. The molecule has 0 radical (unpaired) electrons. The summed E-state index contributed by atoms with van der Waals surface area (Å²) in [5.41, 5.74) is -0.00534. The number of non-ortho nitro benzene ring substituents is 1. The number of benzene rings is 1. The first-order valence-electron chi connectivity index (χ1n) is 5.31. The average Bonchev–Trinajstić information content (AvgIpc) is 2.35. The number of halogens is 1. The van der Waals surface area contributed by atoms with Crippen molar-refractivity contribution < 1.29 is 9.72 Å². The Morgan fingerprint density at radius 1 is 1.56 bits per heavy atom. The fraction of sp³-hybridized carbons (Fsp3) is 0.364. The molecule has 0 unspecified atom stereocenters. The second-order valence-electron chi connectivity index (χ2n) is 3.75. The van der Waals surface area contributed by atoms with E-state index in [9.17, 15) is 14.9 Å². The molecule has 1 amide bonds. The number of carbonyl (C=O) groups is 1. The van der Waals surface area contributed by atoms with Crippen LogP contribution in [0.2, 0.25) is 5.02 Å². The molecule has 0 aliphatic carbocycles. The number of amides is 1. The zero-order valence-corrected chi connectivity index (χ0v) is 10.9. The molecule has 0 aromatic heterocycles. The Labute approximate surface area is 110 Å². The van der Waals surface area contributed by atoms with Crippen molar-refractivity contribution in [3.05, 3.63) is 38.9 Å². The summed E-state index contributed by atoms with van der Waals surface area (Å²) in [5, 5.41) is 13.8. The Kier molecular flexibility index (Phi) is 5.06. The largest absolute Gasteiger partial charge is 0.340 e. The van der Waals surface area contributed by atoms with Gasteiger partial charge in [-0.25, -0.2) is 0 Å². The highest BCUT2D eigenvalue weighted by atomic mass is 35.5. The molecular formula is C11H14ClN3O3. The van der Waals surface area contributed by atoms with Crippen molar-refractivity contribution >= 4 is 23.2 Å². The molecule has 0 fully saturated rings. The Bertz CT molecular complexity index is 465. The Morgan fingerprint density at radius 2 is 2.22 bits per heavy atom. The van der Waals surface area contributed by atoms with Crippen molar-refractivity contribution in [2.75, 3.05) is 27.2 Å². The van der Waals surface area contributed by atoms with Gasteiger partial charge in [0.15, 0.2) is 0 Å². The van der Waals surface area contributed by atoms with Crippen molar-refractivity contribution in [1.29, 1.82) is 0 Å². The summed E-state index contributed by atoms with van der Waals surface area (Å²) < 4.78 is 0. The molecule has 6 nitrogen and oxygen atoms in total. The zero-order chi connectivity index (χ0) is 13.7. The molecule has 0 aliphatic heterocycles. The molecule has 1 aromatic rings. The molecule has 0 aliphatic rings. The van der Waals surface area contributed by atoms with Gasteiger partial charge in [0.2, 0.25) is 0 Å². The molecule has 0 saturated carbocycles. The van der Waals surface area contributed by atoms with Gasteiger partial charge in [0.25, 0.3) is 11.6 Å². The predicted molar refractivity (Wildman–Crippen MR) is 69.0 cm³/mol.